The molecule has 0 N–H and O–H groups in total. The van der Waals surface area contributed by atoms with Gasteiger partial charge < -0.3 is 9.16 Å². The van der Waals surface area contributed by atoms with Gasteiger partial charge in [-0.3, -0.25) is 9.48 Å². The van der Waals surface area contributed by atoms with Crippen LogP contribution in [0.1, 0.15) is 39.1 Å². The number of esters is 1. The quantitative estimate of drug-likeness (QED) is 0.432. The lowest BCUT2D eigenvalue weighted by atomic mass is 10.2. The maximum Gasteiger partial charge on any atom is 0.303 e. The van der Waals surface area contributed by atoms with E-state index >= 15 is 0 Å². The van der Waals surface area contributed by atoms with Crippen molar-refractivity contribution in [1.29, 1.82) is 0 Å². The van der Waals surface area contributed by atoms with Gasteiger partial charge in [-0.05, 0) is 21.5 Å². The Labute approximate surface area is 179 Å². The summed E-state index contributed by atoms with van der Waals surface area (Å²) >= 11 is 0. The molecule has 0 aliphatic rings. The van der Waals surface area contributed by atoms with E-state index in [0.717, 1.165) is 5.69 Å². The van der Waals surface area contributed by atoms with Gasteiger partial charge in [0.1, 0.15) is 12.3 Å². The molecule has 0 aliphatic carbocycles. The minimum Gasteiger partial charge on any atom is -0.459 e. The molecule has 1 heterocycles. The fourth-order valence-corrected chi connectivity index (χ4v) is 8.42. The van der Waals surface area contributed by atoms with E-state index in [2.05, 4.69) is 74.4 Å². The maximum atomic E-state index is 11.1. The molecule has 1 aromatic heterocycles. The smallest absolute Gasteiger partial charge is 0.303 e. The van der Waals surface area contributed by atoms with E-state index in [-0.39, 0.29) is 17.6 Å². The van der Waals surface area contributed by atoms with Crippen molar-refractivity contribution in [2.45, 2.75) is 45.9 Å². The normalized spacial score (nSPS) is 12.0. The van der Waals surface area contributed by atoms with Crippen LogP contribution in [0.15, 0.2) is 66.7 Å². The van der Waals surface area contributed by atoms with Crippen LogP contribution in [0.4, 0.5) is 0 Å². The first kappa shape index (κ1) is 22.0. The van der Waals surface area contributed by atoms with Crippen molar-refractivity contribution in [3.05, 3.63) is 78.1 Å². The molecule has 0 bridgehead atoms. The van der Waals surface area contributed by atoms with Crippen LogP contribution in [-0.4, -0.2) is 24.1 Å². The molecule has 0 spiro atoms. The Morgan fingerprint density at radius 1 is 0.967 bits per heavy atom. The fraction of sp³-hybridized carbons (Fsp3) is 0.333. The molecule has 0 aliphatic heterocycles. The SMILES string of the molecule is CC(=O)OCc1cc(CO[Si](c2ccccc2)(c2ccccc2)C(C)(C)C)n(C)n1. The minimum atomic E-state index is -2.61. The van der Waals surface area contributed by atoms with Gasteiger partial charge in [-0.15, -0.1) is 0 Å². The van der Waals surface area contributed by atoms with Crippen LogP contribution in [0.3, 0.4) is 0 Å². The number of carbonyl (C=O) groups excluding carboxylic acids is 1. The van der Waals surface area contributed by atoms with Gasteiger partial charge in [-0.25, -0.2) is 0 Å². The van der Waals surface area contributed by atoms with Crippen LogP contribution in [0, 0.1) is 0 Å². The number of ether oxygens (including phenoxy) is 1. The second-order valence-corrected chi connectivity index (χ2v) is 12.8. The van der Waals surface area contributed by atoms with Crippen LogP contribution < -0.4 is 10.4 Å². The molecule has 158 valence electrons. The molecule has 30 heavy (non-hydrogen) atoms. The van der Waals surface area contributed by atoms with Crippen molar-refractivity contribution in [1.82, 2.24) is 9.78 Å². The van der Waals surface area contributed by atoms with Gasteiger partial charge in [-0.2, -0.15) is 5.10 Å². The molecule has 3 rings (SSSR count). The van der Waals surface area contributed by atoms with E-state index in [9.17, 15) is 4.79 Å². The van der Waals surface area contributed by atoms with E-state index < -0.39 is 8.32 Å². The average molecular weight is 423 g/mol. The standard InChI is InChI=1S/C24H30N2O3Si/c1-19(27)28-17-20-16-21(26(5)25-20)18-29-30(24(2,3)4,22-12-8-6-9-13-22)23-14-10-7-11-15-23/h6-16H,17-18H2,1-5H3. The number of aryl methyl sites for hydroxylation is 1. The van der Waals surface area contributed by atoms with Crippen molar-refractivity contribution >= 4 is 24.7 Å². The Kier molecular flexibility index (Phi) is 6.58. The molecule has 0 amide bonds. The zero-order chi connectivity index (χ0) is 21.8. The highest BCUT2D eigenvalue weighted by Crippen LogP contribution is 2.37. The van der Waals surface area contributed by atoms with Crippen molar-refractivity contribution in [3.8, 4) is 0 Å². The third-order valence-corrected chi connectivity index (χ3v) is 10.3. The average Bonchev–Trinajstić information content (AvgIpc) is 3.07. The van der Waals surface area contributed by atoms with Gasteiger partial charge in [0.15, 0.2) is 0 Å². The fourth-order valence-electron chi connectivity index (χ4n) is 3.90. The van der Waals surface area contributed by atoms with Crippen molar-refractivity contribution < 1.29 is 14.0 Å². The first-order valence-electron chi connectivity index (χ1n) is 10.1. The first-order valence-corrected chi connectivity index (χ1v) is 12.0. The number of rotatable bonds is 7. The van der Waals surface area contributed by atoms with Gasteiger partial charge in [0.2, 0.25) is 0 Å². The minimum absolute atomic E-state index is 0.0884. The summed E-state index contributed by atoms with van der Waals surface area (Å²) in [5, 5.41) is 6.86. The van der Waals surface area contributed by atoms with Crippen molar-refractivity contribution in [2.75, 3.05) is 0 Å². The van der Waals surface area contributed by atoms with Crippen LogP contribution >= 0.6 is 0 Å². The summed E-state index contributed by atoms with van der Waals surface area (Å²) < 4.78 is 13.8. The second kappa shape index (κ2) is 8.98. The van der Waals surface area contributed by atoms with E-state index in [4.69, 9.17) is 9.16 Å². The molecule has 3 aromatic rings. The lowest BCUT2D eigenvalue weighted by Gasteiger charge is -2.43. The highest BCUT2D eigenvalue weighted by Gasteiger charge is 2.50. The molecule has 6 heteroatoms. The summed E-state index contributed by atoms with van der Waals surface area (Å²) in [6.45, 7) is 8.77. The largest absolute Gasteiger partial charge is 0.459 e. The van der Waals surface area contributed by atoms with Gasteiger partial charge in [-0.1, -0.05) is 81.4 Å². The van der Waals surface area contributed by atoms with E-state index in [1.807, 2.05) is 25.2 Å². The summed E-state index contributed by atoms with van der Waals surface area (Å²) in [7, 11) is -0.718. The van der Waals surface area contributed by atoms with E-state index in [0.29, 0.717) is 12.3 Å². The Bertz CT molecular complexity index is 939. The number of carbonyl (C=O) groups is 1. The molecule has 2 aromatic carbocycles. The maximum absolute atomic E-state index is 11.1. The van der Waals surface area contributed by atoms with Gasteiger partial charge in [0, 0.05) is 14.0 Å². The third kappa shape index (κ3) is 4.55. The van der Waals surface area contributed by atoms with Crippen LogP contribution in [-0.2, 0) is 34.2 Å². The topological polar surface area (TPSA) is 53.4 Å². The molecular formula is C24H30N2O3Si. The molecule has 0 saturated heterocycles. The number of benzene rings is 2. The number of hydrogen-bond acceptors (Lipinski definition) is 4. The molecule has 0 radical (unpaired) electrons. The Balaban J connectivity index is 1.99. The molecule has 0 saturated carbocycles. The zero-order valence-electron chi connectivity index (χ0n) is 18.4. The van der Waals surface area contributed by atoms with Gasteiger partial charge in [0.25, 0.3) is 8.32 Å². The number of hydrogen-bond donors (Lipinski definition) is 0. The summed E-state index contributed by atoms with van der Waals surface area (Å²) in [6, 6.07) is 23.1. The monoisotopic (exact) mass is 422 g/mol. The lowest BCUT2D eigenvalue weighted by Crippen LogP contribution is -2.66. The predicted octanol–water partition coefficient (Wildman–Crippen LogP) is 3.56. The number of nitrogens with zero attached hydrogens (tertiary/aromatic N) is 2. The first-order chi connectivity index (χ1) is 14.2. The summed E-state index contributed by atoms with van der Waals surface area (Å²) in [6.07, 6.45) is 0. The Hall–Kier alpha value is -2.70. The second-order valence-electron chi connectivity index (χ2n) is 8.48. The van der Waals surface area contributed by atoms with Crippen LogP contribution in [0.5, 0.6) is 0 Å². The highest BCUT2D eigenvalue weighted by atomic mass is 28.4. The Morgan fingerprint density at radius 3 is 1.97 bits per heavy atom. The summed E-state index contributed by atoms with van der Waals surface area (Å²) in [5.41, 5.74) is 1.67. The molecular weight excluding hydrogens is 392 g/mol. The summed E-state index contributed by atoms with van der Waals surface area (Å²) in [5.74, 6) is -0.314. The third-order valence-electron chi connectivity index (χ3n) is 5.30. The van der Waals surface area contributed by atoms with Gasteiger partial charge in [0.05, 0.1) is 12.3 Å². The van der Waals surface area contributed by atoms with E-state index in [1.54, 1.807) is 4.68 Å². The molecule has 0 fully saturated rings. The van der Waals surface area contributed by atoms with Crippen molar-refractivity contribution in [2.24, 2.45) is 7.05 Å². The highest BCUT2D eigenvalue weighted by molar-refractivity contribution is 6.99. The van der Waals surface area contributed by atoms with Gasteiger partial charge >= 0.3 is 5.97 Å². The van der Waals surface area contributed by atoms with Crippen LogP contribution in [0.25, 0.3) is 0 Å². The van der Waals surface area contributed by atoms with Crippen LogP contribution in [0.2, 0.25) is 5.04 Å². The zero-order valence-corrected chi connectivity index (χ0v) is 19.4. The molecule has 0 atom stereocenters. The van der Waals surface area contributed by atoms with E-state index in [1.165, 1.54) is 17.3 Å². The summed E-state index contributed by atoms with van der Waals surface area (Å²) in [4.78, 5) is 11.1. The van der Waals surface area contributed by atoms with Crippen molar-refractivity contribution in [3.63, 3.8) is 0 Å². The lowest BCUT2D eigenvalue weighted by molar-refractivity contribution is -0.142. The molecule has 0 unspecified atom stereocenters. The predicted molar refractivity (Wildman–Crippen MR) is 121 cm³/mol. The molecule has 5 nitrogen and oxygen atoms in total. The Morgan fingerprint density at radius 2 is 1.50 bits per heavy atom. The number of aromatic nitrogens is 2.